The molecule has 3 aliphatic heterocycles. The number of aromatic hydroxyl groups is 2. The van der Waals surface area contributed by atoms with E-state index in [0.29, 0.717) is 24.6 Å². The molecule has 0 aliphatic carbocycles. The summed E-state index contributed by atoms with van der Waals surface area (Å²) < 4.78 is 0. The highest BCUT2D eigenvalue weighted by Gasteiger charge is 2.51. The largest absolute Gasteiger partial charge is 0.508 e. The summed E-state index contributed by atoms with van der Waals surface area (Å²) in [7, 11) is 0. The van der Waals surface area contributed by atoms with Crippen LogP contribution in [0, 0.1) is 11.8 Å². The first-order valence-corrected chi connectivity index (χ1v) is 15.1. The SMILES string of the molecule is CC(C)[C@@H](CN1CC[C@@](C)(c2cccc(O)c2)[C@@H](C)C1)N1C(c2ccccc2)N2Cc3cc(O)ccc3C[C@@H]2[14C]1=O. The Bertz CT molecular complexity index is 1410. The monoisotopic (exact) mass is 555 g/mol. The Morgan fingerprint density at radius 2 is 1.73 bits per heavy atom. The zero-order valence-electron chi connectivity index (χ0n) is 24.7. The number of phenols is 2. The number of benzene rings is 3. The van der Waals surface area contributed by atoms with E-state index in [1.807, 2.05) is 30.3 Å². The highest BCUT2D eigenvalue weighted by molar-refractivity contribution is 5.86. The van der Waals surface area contributed by atoms with E-state index < -0.39 is 0 Å². The lowest BCUT2D eigenvalue weighted by atomic mass is 9.68. The van der Waals surface area contributed by atoms with Crippen LogP contribution in [-0.2, 0) is 23.2 Å². The van der Waals surface area contributed by atoms with Crippen molar-refractivity contribution in [1.29, 1.82) is 0 Å². The second-order valence-corrected chi connectivity index (χ2v) is 13.1. The maximum Gasteiger partial charge on any atom is 0.242 e. The molecule has 6 nitrogen and oxygen atoms in total. The molecule has 3 aliphatic rings. The van der Waals surface area contributed by atoms with Crippen LogP contribution in [0.25, 0.3) is 0 Å². The van der Waals surface area contributed by atoms with Gasteiger partial charge in [0.15, 0.2) is 0 Å². The van der Waals surface area contributed by atoms with Gasteiger partial charge in [0.1, 0.15) is 17.7 Å². The summed E-state index contributed by atoms with van der Waals surface area (Å²) in [5.74, 6) is 1.50. The number of carbonyl (C=O) groups excluding carboxylic acids is 1. The van der Waals surface area contributed by atoms with Crippen LogP contribution in [-0.4, -0.2) is 62.5 Å². The maximum absolute atomic E-state index is 14.4. The molecule has 6 heteroatoms. The fourth-order valence-corrected chi connectivity index (χ4v) is 7.51. The van der Waals surface area contributed by atoms with Crippen molar-refractivity contribution in [3.05, 3.63) is 95.1 Å². The van der Waals surface area contributed by atoms with Crippen molar-refractivity contribution in [2.24, 2.45) is 11.8 Å². The van der Waals surface area contributed by atoms with Crippen LogP contribution in [0.1, 0.15) is 62.5 Å². The summed E-state index contributed by atoms with van der Waals surface area (Å²) in [6.45, 7) is 12.5. The fraction of sp³-hybridized carbons (Fsp3) is 0.457. The van der Waals surface area contributed by atoms with Crippen LogP contribution >= 0.6 is 0 Å². The van der Waals surface area contributed by atoms with Gasteiger partial charge in [-0.3, -0.25) is 9.69 Å². The number of nitrogens with zero attached hydrogens (tertiary/aromatic N) is 3. The van der Waals surface area contributed by atoms with Gasteiger partial charge in [-0.15, -0.1) is 0 Å². The first-order valence-electron chi connectivity index (χ1n) is 15.1. The van der Waals surface area contributed by atoms with Crippen molar-refractivity contribution < 1.29 is 15.0 Å². The van der Waals surface area contributed by atoms with Gasteiger partial charge in [0.2, 0.25) is 5.91 Å². The number of likely N-dealkylation sites (tertiary alicyclic amines) is 1. The Labute approximate surface area is 244 Å². The Hall–Kier alpha value is -3.35. The molecule has 0 bridgehead atoms. The van der Waals surface area contributed by atoms with Crippen LogP contribution in [0.3, 0.4) is 0 Å². The fourth-order valence-electron chi connectivity index (χ4n) is 7.51. The predicted molar refractivity (Wildman–Crippen MR) is 161 cm³/mol. The maximum atomic E-state index is 14.4. The van der Waals surface area contributed by atoms with Gasteiger partial charge >= 0.3 is 0 Å². The molecular weight excluding hydrogens is 512 g/mol. The molecule has 0 saturated carbocycles. The minimum absolute atomic E-state index is 0.00339. The van der Waals surface area contributed by atoms with Crippen LogP contribution in [0.2, 0.25) is 0 Å². The van der Waals surface area contributed by atoms with E-state index in [-0.39, 0.29) is 41.2 Å². The van der Waals surface area contributed by atoms with Crippen molar-refractivity contribution in [1.82, 2.24) is 14.7 Å². The number of piperidine rings is 1. The van der Waals surface area contributed by atoms with E-state index in [4.69, 9.17) is 0 Å². The lowest BCUT2D eigenvalue weighted by Crippen LogP contribution is -2.54. The Morgan fingerprint density at radius 1 is 0.976 bits per heavy atom. The molecule has 1 amide bonds. The topological polar surface area (TPSA) is 67.2 Å². The van der Waals surface area contributed by atoms with Gasteiger partial charge in [-0.05, 0) is 83.2 Å². The molecule has 0 aromatic heterocycles. The standard InChI is InChI=1S/C35H43N3O3/c1-23(2)32(22-36-16-15-35(4,24(3)20-36)28-11-8-12-29(39)19-28)38-33(25-9-6-5-7-10-25)37-21-27-17-30(40)14-13-26(27)18-31(37)34(38)41/h5-14,17,19,23-24,31-33,39-40H,15-16,18,20-22H2,1-4H3/t24-,31+,32+,33?,35+/m0/s1/i34+2. The van der Waals surface area contributed by atoms with Crippen LogP contribution in [0.4, 0.5) is 0 Å². The van der Waals surface area contributed by atoms with Crippen molar-refractivity contribution >= 4 is 5.91 Å². The molecule has 1 unspecified atom stereocenters. The lowest BCUT2D eigenvalue weighted by molar-refractivity contribution is -0.134. The minimum atomic E-state index is -0.201. The average Bonchev–Trinajstić information content (AvgIpc) is 3.23. The summed E-state index contributed by atoms with van der Waals surface area (Å²) in [4.78, 5) is 21.5. The number of rotatable bonds is 6. The molecule has 3 aromatic rings. The van der Waals surface area contributed by atoms with E-state index in [1.54, 1.807) is 12.1 Å². The average molecular weight is 556 g/mol. The van der Waals surface area contributed by atoms with Gasteiger partial charge in [0.05, 0.1) is 6.04 Å². The molecule has 5 atom stereocenters. The van der Waals surface area contributed by atoms with Crippen molar-refractivity contribution in [3.63, 3.8) is 0 Å². The van der Waals surface area contributed by atoms with Crippen molar-refractivity contribution in [3.8, 4) is 11.5 Å². The lowest BCUT2D eigenvalue weighted by Gasteiger charge is -2.47. The Balaban J connectivity index is 1.28. The second-order valence-electron chi connectivity index (χ2n) is 13.1. The Kier molecular flexibility index (Phi) is 7.33. The van der Waals surface area contributed by atoms with Crippen molar-refractivity contribution in [2.45, 2.75) is 70.7 Å². The summed E-state index contributed by atoms with van der Waals surface area (Å²) in [6, 6.07) is 23.6. The predicted octanol–water partition coefficient (Wildman–Crippen LogP) is 5.69. The minimum Gasteiger partial charge on any atom is -0.508 e. The molecule has 3 heterocycles. The molecule has 3 aromatic carbocycles. The third kappa shape index (κ3) is 5.02. The first kappa shape index (κ1) is 27.8. The molecule has 216 valence electrons. The summed E-state index contributed by atoms with van der Waals surface area (Å²) >= 11 is 0. The molecule has 0 radical (unpaired) electrons. The summed E-state index contributed by atoms with van der Waals surface area (Å²) in [6.07, 6.45) is 1.53. The summed E-state index contributed by atoms with van der Waals surface area (Å²) in [5, 5.41) is 20.3. The van der Waals surface area contributed by atoms with Crippen LogP contribution < -0.4 is 0 Å². The van der Waals surface area contributed by atoms with Gasteiger partial charge in [0.25, 0.3) is 0 Å². The van der Waals surface area contributed by atoms with Crippen LogP contribution in [0.5, 0.6) is 11.5 Å². The number of phenolic OH excluding ortho intramolecular Hbond substituents is 2. The van der Waals surface area contributed by atoms with Gasteiger partial charge in [-0.2, -0.15) is 0 Å². The molecule has 2 N–H and O–H groups in total. The third-order valence-corrected chi connectivity index (χ3v) is 10.2. The first-order chi connectivity index (χ1) is 19.7. The van der Waals surface area contributed by atoms with Gasteiger partial charge in [0, 0.05) is 25.7 Å². The highest BCUT2D eigenvalue weighted by Crippen LogP contribution is 2.44. The molecule has 0 spiro atoms. The quantitative estimate of drug-likeness (QED) is 0.409. The van der Waals surface area contributed by atoms with Gasteiger partial charge in [-0.1, -0.05) is 76.2 Å². The van der Waals surface area contributed by atoms with E-state index in [2.05, 4.69) is 72.7 Å². The number of hydrogen-bond donors (Lipinski definition) is 2. The van der Waals surface area contributed by atoms with E-state index in [9.17, 15) is 15.0 Å². The van der Waals surface area contributed by atoms with Gasteiger partial charge in [-0.25, -0.2) is 0 Å². The third-order valence-electron chi connectivity index (χ3n) is 10.2. The number of carbonyl (C=O) groups is 1. The summed E-state index contributed by atoms with van der Waals surface area (Å²) in [5.41, 5.74) is 4.60. The number of hydrogen-bond acceptors (Lipinski definition) is 5. The molecule has 6 rings (SSSR count). The highest BCUT2D eigenvalue weighted by atomic mass is 16.3. The number of amides is 1. The van der Waals surface area contributed by atoms with E-state index in [0.717, 1.165) is 42.7 Å². The van der Waals surface area contributed by atoms with E-state index >= 15 is 0 Å². The normalized spacial score (nSPS) is 27.6. The number of fused-ring (bicyclic) bond motifs is 2. The molecule has 2 fully saturated rings. The smallest absolute Gasteiger partial charge is 0.242 e. The molecular formula is C35H43N3O3. The molecule has 41 heavy (non-hydrogen) atoms. The Morgan fingerprint density at radius 3 is 2.44 bits per heavy atom. The van der Waals surface area contributed by atoms with E-state index in [1.165, 1.54) is 5.56 Å². The van der Waals surface area contributed by atoms with Gasteiger partial charge < -0.3 is 20.0 Å². The van der Waals surface area contributed by atoms with Crippen LogP contribution in [0.15, 0.2) is 72.8 Å². The second kappa shape index (κ2) is 10.8. The molecule has 2 saturated heterocycles. The zero-order chi connectivity index (χ0) is 28.9. The van der Waals surface area contributed by atoms with Crippen molar-refractivity contribution in [2.75, 3.05) is 19.6 Å². The zero-order valence-corrected chi connectivity index (χ0v) is 24.7.